The van der Waals surface area contributed by atoms with Crippen LogP contribution < -0.4 is 5.32 Å². The van der Waals surface area contributed by atoms with Crippen molar-refractivity contribution in [3.63, 3.8) is 0 Å². The van der Waals surface area contributed by atoms with E-state index in [1.54, 1.807) is 0 Å². The summed E-state index contributed by atoms with van der Waals surface area (Å²) in [5.41, 5.74) is 1.19. The van der Waals surface area contributed by atoms with Gasteiger partial charge in [0.25, 0.3) is 0 Å². The minimum absolute atomic E-state index is 0.322. The summed E-state index contributed by atoms with van der Waals surface area (Å²) >= 11 is 6.25. The van der Waals surface area contributed by atoms with Gasteiger partial charge in [-0.3, -0.25) is 4.90 Å². The summed E-state index contributed by atoms with van der Waals surface area (Å²) < 4.78 is 0. The van der Waals surface area contributed by atoms with E-state index in [1.165, 1.54) is 5.56 Å². The van der Waals surface area contributed by atoms with Crippen molar-refractivity contribution in [1.29, 1.82) is 0 Å². The van der Waals surface area contributed by atoms with E-state index >= 15 is 0 Å². The van der Waals surface area contributed by atoms with E-state index in [4.69, 9.17) is 11.6 Å². The Morgan fingerprint density at radius 1 is 1.17 bits per heavy atom. The molecule has 1 aromatic carbocycles. The molecule has 0 bridgehead atoms. The van der Waals surface area contributed by atoms with E-state index in [2.05, 4.69) is 51.0 Å². The highest BCUT2D eigenvalue weighted by molar-refractivity contribution is 6.31. The Kier molecular flexibility index (Phi) is 6.13. The zero-order valence-corrected chi connectivity index (χ0v) is 12.8. The molecule has 0 saturated carbocycles. The third kappa shape index (κ3) is 4.27. The third-order valence-electron chi connectivity index (χ3n) is 3.48. The van der Waals surface area contributed by atoms with Crippen LogP contribution in [0.3, 0.4) is 0 Å². The molecule has 0 amide bonds. The normalized spacial score (nSPS) is 15.1. The fraction of sp³-hybridized carbons (Fsp3) is 0.600. The van der Waals surface area contributed by atoms with E-state index in [9.17, 15) is 0 Å². The third-order valence-corrected chi connectivity index (χ3v) is 3.83. The van der Waals surface area contributed by atoms with Gasteiger partial charge in [0.15, 0.2) is 0 Å². The van der Waals surface area contributed by atoms with E-state index in [0.29, 0.717) is 18.1 Å². The van der Waals surface area contributed by atoms with Crippen LogP contribution in [0.15, 0.2) is 24.3 Å². The summed E-state index contributed by atoms with van der Waals surface area (Å²) in [7, 11) is 2.15. The Morgan fingerprint density at radius 2 is 1.78 bits per heavy atom. The minimum Gasteiger partial charge on any atom is -0.313 e. The fourth-order valence-corrected chi connectivity index (χ4v) is 2.26. The lowest BCUT2D eigenvalue weighted by Crippen LogP contribution is -2.41. The Balaban J connectivity index is 2.66. The van der Waals surface area contributed by atoms with Crippen LogP contribution in [0.2, 0.25) is 5.02 Å². The van der Waals surface area contributed by atoms with Crippen molar-refractivity contribution in [2.75, 3.05) is 13.6 Å². The lowest BCUT2D eigenvalue weighted by molar-refractivity contribution is 0.191. The Labute approximate surface area is 116 Å². The van der Waals surface area contributed by atoms with Gasteiger partial charge in [0, 0.05) is 29.7 Å². The lowest BCUT2D eigenvalue weighted by Gasteiger charge is -2.32. The smallest absolute Gasteiger partial charge is 0.0453 e. The Hall–Kier alpha value is -0.570. The largest absolute Gasteiger partial charge is 0.313 e. The molecule has 2 unspecified atom stereocenters. The van der Waals surface area contributed by atoms with Gasteiger partial charge in [-0.15, -0.1) is 0 Å². The predicted octanol–water partition coefficient (Wildman–Crippen LogP) is 3.72. The van der Waals surface area contributed by atoms with Crippen molar-refractivity contribution in [1.82, 2.24) is 10.2 Å². The van der Waals surface area contributed by atoms with Gasteiger partial charge >= 0.3 is 0 Å². The average Bonchev–Trinajstić information content (AvgIpc) is 2.34. The molecule has 0 radical (unpaired) electrons. The van der Waals surface area contributed by atoms with Gasteiger partial charge in [-0.25, -0.2) is 0 Å². The number of hydrogen-bond donors (Lipinski definition) is 1. The van der Waals surface area contributed by atoms with Crippen molar-refractivity contribution >= 4 is 11.6 Å². The second-order valence-electron chi connectivity index (χ2n) is 5.27. The highest BCUT2D eigenvalue weighted by Gasteiger charge is 2.19. The number of rotatable bonds is 6. The molecule has 0 fully saturated rings. The molecule has 0 spiro atoms. The first-order chi connectivity index (χ1) is 8.43. The van der Waals surface area contributed by atoms with E-state index < -0.39 is 0 Å². The molecular weight excluding hydrogens is 244 g/mol. The second-order valence-corrected chi connectivity index (χ2v) is 5.68. The molecule has 2 atom stereocenters. The van der Waals surface area contributed by atoms with Crippen molar-refractivity contribution in [2.45, 2.75) is 45.8 Å². The highest BCUT2D eigenvalue weighted by atomic mass is 35.5. The van der Waals surface area contributed by atoms with Crippen molar-refractivity contribution < 1.29 is 0 Å². The molecule has 0 saturated heterocycles. The van der Waals surface area contributed by atoms with Crippen LogP contribution in [0.4, 0.5) is 0 Å². The first-order valence-corrected chi connectivity index (χ1v) is 7.01. The van der Waals surface area contributed by atoms with Crippen LogP contribution in [0.5, 0.6) is 0 Å². The molecule has 0 heterocycles. The number of likely N-dealkylation sites (N-methyl/N-ethyl adjacent to an activating group) is 1. The zero-order chi connectivity index (χ0) is 13.7. The zero-order valence-electron chi connectivity index (χ0n) is 12.1. The average molecular weight is 269 g/mol. The van der Waals surface area contributed by atoms with Crippen molar-refractivity contribution in [3.8, 4) is 0 Å². The maximum atomic E-state index is 6.25. The van der Waals surface area contributed by atoms with E-state index in [1.807, 2.05) is 18.2 Å². The molecule has 0 aliphatic carbocycles. The summed E-state index contributed by atoms with van der Waals surface area (Å²) in [4.78, 5) is 2.36. The molecule has 3 heteroatoms. The molecule has 0 aliphatic heterocycles. The van der Waals surface area contributed by atoms with Crippen LogP contribution in [-0.4, -0.2) is 30.6 Å². The first-order valence-electron chi connectivity index (χ1n) is 6.63. The van der Waals surface area contributed by atoms with E-state index in [0.717, 1.165) is 11.6 Å². The van der Waals surface area contributed by atoms with Crippen LogP contribution in [0, 0.1) is 0 Å². The minimum atomic E-state index is 0.322. The number of nitrogens with one attached hydrogen (secondary N) is 1. The molecule has 0 aliphatic rings. The number of nitrogens with zero attached hydrogens (tertiary/aromatic N) is 1. The molecule has 102 valence electrons. The van der Waals surface area contributed by atoms with Crippen LogP contribution in [0.1, 0.15) is 39.3 Å². The topological polar surface area (TPSA) is 15.3 Å². The quantitative estimate of drug-likeness (QED) is 0.846. The molecule has 18 heavy (non-hydrogen) atoms. The van der Waals surface area contributed by atoms with Gasteiger partial charge in [0.1, 0.15) is 0 Å². The van der Waals surface area contributed by atoms with Crippen LogP contribution in [0.25, 0.3) is 0 Å². The van der Waals surface area contributed by atoms with Crippen LogP contribution in [-0.2, 0) is 0 Å². The molecular formula is C15H25ClN2. The highest BCUT2D eigenvalue weighted by Crippen LogP contribution is 2.27. The van der Waals surface area contributed by atoms with Gasteiger partial charge < -0.3 is 5.32 Å². The SMILES string of the molecule is CC(C)NCC(C)N(C)C(C)c1ccccc1Cl. The van der Waals surface area contributed by atoms with Gasteiger partial charge in [-0.05, 0) is 32.5 Å². The Morgan fingerprint density at radius 3 is 2.33 bits per heavy atom. The van der Waals surface area contributed by atoms with Gasteiger partial charge in [-0.2, -0.15) is 0 Å². The molecule has 1 N–H and O–H groups in total. The molecule has 1 aromatic rings. The summed E-state index contributed by atoms with van der Waals surface area (Å²) in [6, 6.07) is 9.40. The standard InChI is InChI=1S/C15H25ClN2/c1-11(2)17-10-12(3)18(5)13(4)14-8-6-7-9-15(14)16/h6-9,11-13,17H,10H2,1-5H3. The monoisotopic (exact) mass is 268 g/mol. The van der Waals surface area contributed by atoms with Gasteiger partial charge in [0.2, 0.25) is 0 Å². The number of hydrogen-bond acceptors (Lipinski definition) is 2. The van der Waals surface area contributed by atoms with Crippen molar-refractivity contribution in [2.24, 2.45) is 0 Å². The Bertz CT molecular complexity index is 365. The summed E-state index contributed by atoms with van der Waals surface area (Å²) in [5.74, 6) is 0. The summed E-state index contributed by atoms with van der Waals surface area (Å²) in [6.45, 7) is 9.77. The number of halogens is 1. The summed E-state index contributed by atoms with van der Waals surface area (Å²) in [5, 5.41) is 4.32. The summed E-state index contributed by atoms with van der Waals surface area (Å²) in [6.07, 6.45) is 0. The van der Waals surface area contributed by atoms with Crippen molar-refractivity contribution in [3.05, 3.63) is 34.9 Å². The van der Waals surface area contributed by atoms with Gasteiger partial charge in [-0.1, -0.05) is 43.6 Å². The van der Waals surface area contributed by atoms with Gasteiger partial charge in [0.05, 0.1) is 0 Å². The maximum absolute atomic E-state index is 6.25. The van der Waals surface area contributed by atoms with E-state index in [-0.39, 0.29) is 0 Å². The first kappa shape index (κ1) is 15.5. The lowest BCUT2D eigenvalue weighted by atomic mass is 10.1. The van der Waals surface area contributed by atoms with Crippen LogP contribution >= 0.6 is 11.6 Å². The molecule has 0 aromatic heterocycles. The fourth-order valence-electron chi connectivity index (χ4n) is 1.97. The number of benzene rings is 1. The predicted molar refractivity (Wildman–Crippen MR) is 80.2 cm³/mol. The second kappa shape index (κ2) is 7.13. The molecule has 1 rings (SSSR count). The maximum Gasteiger partial charge on any atom is 0.0453 e. The molecule has 2 nitrogen and oxygen atoms in total.